The molecule has 0 aliphatic carbocycles. The molecule has 0 aromatic rings. The SMILES string of the molecule is O=C1CCCN(CCO)O1. The van der Waals surface area contributed by atoms with E-state index in [9.17, 15) is 4.79 Å². The number of β-amino-alcohol motifs (C(OH)–C–C–N with tert-alkyl or cyclic N) is 1. The standard InChI is InChI=1S/C6H11NO3/c8-5-4-7-3-1-2-6(9)10-7/h8H,1-5H2. The third kappa shape index (κ3) is 1.97. The second-order valence-corrected chi connectivity index (χ2v) is 2.22. The lowest BCUT2D eigenvalue weighted by atomic mass is 10.3. The summed E-state index contributed by atoms with van der Waals surface area (Å²) in [6, 6.07) is 0. The molecule has 1 aliphatic heterocycles. The molecule has 1 rings (SSSR count). The fourth-order valence-electron chi connectivity index (χ4n) is 0.904. The van der Waals surface area contributed by atoms with Crippen molar-refractivity contribution in [2.45, 2.75) is 12.8 Å². The molecule has 0 aromatic heterocycles. The lowest BCUT2D eigenvalue weighted by Crippen LogP contribution is -2.35. The maximum Gasteiger partial charge on any atom is 0.325 e. The van der Waals surface area contributed by atoms with Gasteiger partial charge in [0.15, 0.2) is 0 Å². The molecule has 0 saturated carbocycles. The summed E-state index contributed by atoms with van der Waals surface area (Å²) in [5.74, 6) is -0.195. The van der Waals surface area contributed by atoms with Crippen molar-refractivity contribution in [1.82, 2.24) is 5.06 Å². The van der Waals surface area contributed by atoms with Gasteiger partial charge in [-0.15, -0.1) is 5.06 Å². The molecule has 1 saturated heterocycles. The van der Waals surface area contributed by atoms with Gasteiger partial charge in [-0.1, -0.05) is 0 Å². The minimum atomic E-state index is -0.195. The molecular formula is C6H11NO3. The molecule has 58 valence electrons. The quantitative estimate of drug-likeness (QED) is 0.571. The maximum atomic E-state index is 10.6. The summed E-state index contributed by atoms with van der Waals surface area (Å²) in [5.41, 5.74) is 0. The summed E-state index contributed by atoms with van der Waals surface area (Å²) in [6.07, 6.45) is 1.33. The van der Waals surface area contributed by atoms with Crippen LogP contribution in [0.25, 0.3) is 0 Å². The largest absolute Gasteiger partial charge is 0.395 e. The van der Waals surface area contributed by atoms with Gasteiger partial charge in [0.1, 0.15) is 0 Å². The summed E-state index contributed by atoms with van der Waals surface area (Å²) in [7, 11) is 0. The zero-order valence-corrected chi connectivity index (χ0v) is 5.75. The van der Waals surface area contributed by atoms with Gasteiger partial charge in [0.2, 0.25) is 0 Å². The van der Waals surface area contributed by atoms with Crippen LogP contribution in [0.1, 0.15) is 12.8 Å². The van der Waals surface area contributed by atoms with Crippen LogP contribution in [0.5, 0.6) is 0 Å². The minimum absolute atomic E-state index is 0.0350. The van der Waals surface area contributed by atoms with E-state index in [0.717, 1.165) is 13.0 Å². The minimum Gasteiger partial charge on any atom is -0.395 e. The summed E-state index contributed by atoms with van der Waals surface area (Å²) in [4.78, 5) is 15.4. The zero-order valence-electron chi connectivity index (χ0n) is 5.75. The van der Waals surface area contributed by atoms with Crippen LogP contribution in [-0.4, -0.2) is 35.8 Å². The van der Waals surface area contributed by atoms with Gasteiger partial charge >= 0.3 is 5.97 Å². The smallest absolute Gasteiger partial charge is 0.325 e. The molecule has 0 aromatic carbocycles. The highest BCUT2D eigenvalue weighted by Crippen LogP contribution is 2.05. The van der Waals surface area contributed by atoms with E-state index in [-0.39, 0.29) is 12.6 Å². The van der Waals surface area contributed by atoms with Crippen LogP contribution >= 0.6 is 0 Å². The third-order valence-corrected chi connectivity index (χ3v) is 1.37. The highest BCUT2D eigenvalue weighted by atomic mass is 16.7. The number of aliphatic hydroxyl groups excluding tert-OH is 1. The molecule has 0 spiro atoms. The number of hydroxylamine groups is 2. The van der Waals surface area contributed by atoms with Crippen molar-refractivity contribution in [2.75, 3.05) is 19.7 Å². The molecule has 1 aliphatic rings. The summed E-state index contributed by atoms with van der Waals surface area (Å²) in [5, 5.41) is 9.96. The number of hydrogen-bond donors (Lipinski definition) is 1. The van der Waals surface area contributed by atoms with Crippen LogP contribution in [0.4, 0.5) is 0 Å². The predicted molar refractivity (Wildman–Crippen MR) is 34.0 cm³/mol. The number of hydrogen-bond acceptors (Lipinski definition) is 4. The normalized spacial score (nSPS) is 20.7. The molecule has 1 fully saturated rings. The Hall–Kier alpha value is -0.610. The van der Waals surface area contributed by atoms with Gasteiger partial charge in [0.25, 0.3) is 0 Å². The molecule has 1 heterocycles. The second kappa shape index (κ2) is 3.53. The van der Waals surface area contributed by atoms with E-state index in [1.54, 1.807) is 0 Å². The fourth-order valence-corrected chi connectivity index (χ4v) is 0.904. The maximum absolute atomic E-state index is 10.6. The molecule has 0 radical (unpaired) electrons. The monoisotopic (exact) mass is 145 g/mol. The van der Waals surface area contributed by atoms with Crippen molar-refractivity contribution in [3.8, 4) is 0 Å². The van der Waals surface area contributed by atoms with E-state index in [1.165, 1.54) is 5.06 Å². The predicted octanol–water partition coefficient (Wildman–Crippen LogP) is -0.467. The lowest BCUT2D eigenvalue weighted by molar-refractivity contribution is -0.202. The topological polar surface area (TPSA) is 49.8 Å². The van der Waals surface area contributed by atoms with E-state index in [0.29, 0.717) is 13.0 Å². The number of rotatable bonds is 2. The summed E-state index contributed by atoms with van der Waals surface area (Å²) < 4.78 is 0. The van der Waals surface area contributed by atoms with E-state index >= 15 is 0 Å². The highest BCUT2D eigenvalue weighted by molar-refractivity contribution is 5.69. The summed E-state index contributed by atoms with van der Waals surface area (Å²) >= 11 is 0. The first-order valence-corrected chi connectivity index (χ1v) is 3.39. The van der Waals surface area contributed by atoms with Crippen molar-refractivity contribution in [3.05, 3.63) is 0 Å². The number of carbonyl (C=O) groups excluding carboxylic acids is 1. The van der Waals surface area contributed by atoms with Crippen molar-refractivity contribution < 1.29 is 14.7 Å². The first kappa shape index (κ1) is 7.50. The number of carbonyl (C=O) groups is 1. The highest BCUT2D eigenvalue weighted by Gasteiger charge is 2.16. The van der Waals surface area contributed by atoms with Gasteiger partial charge in [0.05, 0.1) is 13.2 Å². The van der Waals surface area contributed by atoms with Gasteiger partial charge in [-0.25, -0.2) is 0 Å². The molecule has 10 heavy (non-hydrogen) atoms. The van der Waals surface area contributed by atoms with Crippen LogP contribution in [-0.2, 0) is 9.63 Å². The average molecular weight is 145 g/mol. The lowest BCUT2D eigenvalue weighted by Gasteiger charge is -2.23. The van der Waals surface area contributed by atoms with Gasteiger partial charge in [-0.05, 0) is 6.42 Å². The molecule has 1 N–H and O–H groups in total. The number of nitrogens with zero attached hydrogens (tertiary/aromatic N) is 1. The van der Waals surface area contributed by atoms with Gasteiger partial charge < -0.3 is 9.94 Å². The van der Waals surface area contributed by atoms with Crippen molar-refractivity contribution in [1.29, 1.82) is 0 Å². The molecular weight excluding hydrogens is 134 g/mol. The average Bonchev–Trinajstić information content (AvgIpc) is 1.88. The Morgan fingerprint density at radius 1 is 1.70 bits per heavy atom. The van der Waals surface area contributed by atoms with Crippen LogP contribution in [0, 0.1) is 0 Å². The van der Waals surface area contributed by atoms with Gasteiger partial charge in [0, 0.05) is 13.0 Å². The third-order valence-electron chi connectivity index (χ3n) is 1.37. The molecule has 4 nitrogen and oxygen atoms in total. The first-order valence-electron chi connectivity index (χ1n) is 3.39. The Kier molecular flexibility index (Phi) is 2.65. The van der Waals surface area contributed by atoms with E-state index in [4.69, 9.17) is 9.94 Å². The van der Waals surface area contributed by atoms with Crippen molar-refractivity contribution in [3.63, 3.8) is 0 Å². The van der Waals surface area contributed by atoms with Crippen LogP contribution < -0.4 is 0 Å². The second-order valence-electron chi connectivity index (χ2n) is 2.22. The Morgan fingerprint density at radius 2 is 2.50 bits per heavy atom. The van der Waals surface area contributed by atoms with Crippen LogP contribution in [0.15, 0.2) is 0 Å². The molecule has 0 unspecified atom stereocenters. The van der Waals surface area contributed by atoms with Crippen LogP contribution in [0.3, 0.4) is 0 Å². The van der Waals surface area contributed by atoms with Crippen molar-refractivity contribution >= 4 is 5.97 Å². The van der Waals surface area contributed by atoms with E-state index < -0.39 is 0 Å². The number of aliphatic hydroxyl groups is 1. The fraction of sp³-hybridized carbons (Fsp3) is 0.833. The Bertz CT molecular complexity index is 124. The van der Waals surface area contributed by atoms with Gasteiger partial charge in [-0.2, -0.15) is 0 Å². The van der Waals surface area contributed by atoms with Gasteiger partial charge in [-0.3, -0.25) is 4.79 Å². The Labute approximate surface area is 59.3 Å². The Balaban J connectivity index is 2.25. The van der Waals surface area contributed by atoms with Crippen molar-refractivity contribution in [2.24, 2.45) is 0 Å². The van der Waals surface area contributed by atoms with E-state index in [1.807, 2.05) is 0 Å². The zero-order chi connectivity index (χ0) is 7.40. The molecule has 4 heteroatoms. The Morgan fingerprint density at radius 3 is 3.10 bits per heavy atom. The van der Waals surface area contributed by atoms with Crippen LogP contribution in [0.2, 0.25) is 0 Å². The molecule has 0 bridgehead atoms. The first-order chi connectivity index (χ1) is 4.83. The molecule has 0 atom stereocenters. The van der Waals surface area contributed by atoms with E-state index in [2.05, 4.69) is 0 Å². The molecule has 0 amide bonds. The summed E-state index contributed by atoms with van der Waals surface area (Å²) in [6.45, 7) is 1.20.